The van der Waals surface area contributed by atoms with Crippen LogP contribution in [0, 0.1) is 13.8 Å². The maximum atomic E-state index is 13.1. The van der Waals surface area contributed by atoms with Crippen LogP contribution in [0.25, 0.3) is 5.69 Å². The number of carbonyl (C=O) groups is 2. The lowest BCUT2D eigenvalue weighted by Gasteiger charge is -2.19. The second kappa shape index (κ2) is 12.4. The topological polar surface area (TPSA) is 122 Å². The van der Waals surface area contributed by atoms with Crippen LogP contribution in [0.5, 0.6) is 5.75 Å². The molecule has 1 aliphatic rings. The molecule has 10 nitrogen and oxygen atoms in total. The number of anilines is 1. The highest BCUT2D eigenvalue weighted by molar-refractivity contribution is 7.18. The van der Waals surface area contributed by atoms with Gasteiger partial charge in [-0.15, -0.1) is 11.3 Å². The zero-order valence-corrected chi connectivity index (χ0v) is 22.6. The lowest BCUT2D eigenvalue weighted by atomic mass is 10.1. The maximum absolute atomic E-state index is 13.1. The summed E-state index contributed by atoms with van der Waals surface area (Å²) < 4.78 is 13.2. The number of aliphatic hydroxyl groups excluding tert-OH is 1. The Morgan fingerprint density at radius 2 is 1.97 bits per heavy atom. The molecule has 202 valence electrons. The van der Waals surface area contributed by atoms with Gasteiger partial charge < -0.3 is 25.2 Å². The summed E-state index contributed by atoms with van der Waals surface area (Å²) in [4.78, 5) is 40.0. The number of benzene rings is 1. The Hall–Kier alpha value is -3.38. The van der Waals surface area contributed by atoms with Gasteiger partial charge in [-0.2, -0.15) is 0 Å². The molecular formula is C26H29ClN4O6S. The number of aliphatic hydroxyl groups is 1. The first-order valence-corrected chi connectivity index (χ1v) is 13.3. The third kappa shape index (κ3) is 6.36. The van der Waals surface area contributed by atoms with Crippen molar-refractivity contribution >= 4 is 40.6 Å². The van der Waals surface area contributed by atoms with Gasteiger partial charge in [0.2, 0.25) is 0 Å². The molecule has 2 aromatic heterocycles. The minimum absolute atomic E-state index is 0.0321. The second-order valence-corrected chi connectivity index (χ2v) is 10.4. The number of halogens is 1. The second-order valence-electron chi connectivity index (χ2n) is 8.73. The van der Waals surface area contributed by atoms with Gasteiger partial charge >= 0.3 is 6.09 Å². The first kappa shape index (κ1) is 27.6. The first-order valence-electron chi connectivity index (χ1n) is 12.1. The predicted molar refractivity (Wildman–Crippen MR) is 146 cm³/mol. The van der Waals surface area contributed by atoms with Crippen molar-refractivity contribution in [3.05, 3.63) is 73.3 Å². The number of hydrogen-bond donors (Lipinski definition) is 3. The van der Waals surface area contributed by atoms with Crippen LogP contribution in [0.4, 0.5) is 10.5 Å². The zero-order chi connectivity index (χ0) is 27.2. The van der Waals surface area contributed by atoms with Crippen molar-refractivity contribution in [1.82, 2.24) is 15.2 Å². The van der Waals surface area contributed by atoms with E-state index in [9.17, 15) is 14.4 Å². The highest BCUT2D eigenvalue weighted by atomic mass is 35.5. The number of pyridine rings is 1. The molecule has 0 spiro atoms. The van der Waals surface area contributed by atoms with Crippen molar-refractivity contribution in [3.8, 4) is 11.4 Å². The molecule has 0 aliphatic carbocycles. The fourth-order valence-electron chi connectivity index (χ4n) is 4.23. The van der Waals surface area contributed by atoms with Gasteiger partial charge in [-0.3, -0.25) is 19.1 Å². The van der Waals surface area contributed by atoms with Crippen molar-refractivity contribution in [3.63, 3.8) is 0 Å². The van der Waals surface area contributed by atoms with Crippen molar-refractivity contribution < 1.29 is 24.2 Å². The van der Waals surface area contributed by atoms with Gasteiger partial charge in [0.25, 0.3) is 11.5 Å². The monoisotopic (exact) mass is 560 g/mol. The number of amides is 2. The summed E-state index contributed by atoms with van der Waals surface area (Å²) in [6.07, 6.45) is 0.667. The Morgan fingerprint density at radius 3 is 2.66 bits per heavy atom. The number of nitrogens with one attached hydrogen (secondary N) is 2. The van der Waals surface area contributed by atoms with E-state index in [1.54, 1.807) is 30.5 Å². The highest BCUT2D eigenvalue weighted by Crippen LogP contribution is 2.29. The molecule has 3 heterocycles. The third-order valence-corrected chi connectivity index (χ3v) is 7.16. The van der Waals surface area contributed by atoms with Crippen LogP contribution < -0.4 is 25.8 Å². The molecule has 38 heavy (non-hydrogen) atoms. The van der Waals surface area contributed by atoms with E-state index < -0.39 is 12.2 Å². The molecule has 0 radical (unpaired) electrons. The quantitative estimate of drug-likeness (QED) is 0.308. The van der Waals surface area contributed by atoms with Crippen molar-refractivity contribution in [1.29, 1.82) is 0 Å². The van der Waals surface area contributed by atoms with Crippen LogP contribution in [0.3, 0.4) is 0 Å². The summed E-state index contributed by atoms with van der Waals surface area (Å²) in [7, 11) is 0. The van der Waals surface area contributed by atoms with E-state index in [4.69, 9.17) is 26.2 Å². The van der Waals surface area contributed by atoms with Gasteiger partial charge in [-0.1, -0.05) is 11.6 Å². The van der Waals surface area contributed by atoms with Gasteiger partial charge in [0, 0.05) is 25.0 Å². The van der Waals surface area contributed by atoms with E-state index in [2.05, 4.69) is 10.6 Å². The molecule has 12 heteroatoms. The Labute approximate surface area is 228 Å². The standard InChI is InChI=1S/C26H29ClN4O6S/c1-16-12-18(31-15-19(37-26(31)35)14-29-24(33)21-5-6-22(27)38-21)13-17(2)23(16)30-9-3-4-20(25(30)34)36-11-8-28-7-10-32/h3-6,9,12-13,19,28,32H,7-8,10-11,14-15H2,1-2H3,(H,29,33)/t19-/m0/s1. The zero-order valence-electron chi connectivity index (χ0n) is 21.0. The SMILES string of the molecule is Cc1cc(N2C[C@H](CNC(=O)c3ccc(Cl)s3)OC2=O)cc(C)c1-n1cccc(OCCNCCO)c1=O. The van der Waals surface area contributed by atoms with Crippen LogP contribution in [0.1, 0.15) is 20.8 Å². The molecule has 3 aromatic rings. The van der Waals surface area contributed by atoms with E-state index >= 15 is 0 Å². The van der Waals surface area contributed by atoms with E-state index in [0.29, 0.717) is 33.7 Å². The van der Waals surface area contributed by atoms with Crippen LogP contribution in [-0.2, 0) is 4.74 Å². The number of nitrogens with zero attached hydrogens (tertiary/aromatic N) is 2. The molecule has 0 unspecified atom stereocenters. The number of hydrogen-bond acceptors (Lipinski definition) is 8. The third-order valence-electron chi connectivity index (χ3n) is 5.93. The predicted octanol–water partition coefficient (Wildman–Crippen LogP) is 2.89. The van der Waals surface area contributed by atoms with Crippen LogP contribution in [-0.4, -0.2) is 67.2 Å². The number of carbonyl (C=O) groups excluding carboxylic acids is 2. The Balaban J connectivity index is 1.45. The number of rotatable bonds is 11. The fraction of sp³-hybridized carbons (Fsp3) is 0.346. The van der Waals surface area contributed by atoms with Crippen molar-refractivity contribution in [2.24, 2.45) is 0 Å². The molecular weight excluding hydrogens is 532 g/mol. The molecule has 4 rings (SSSR count). The van der Waals surface area contributed by atoms with Crippen LogP contribution in [0.15, 0.2) is 47.4 Å². The molecule has 0 saturated carbocycles. The minimum atomic E-state index is -0.509. The largest absolute Gasteiger partial charge is 0.487 e. The number of ether oxygens (including phenoxy) is 2. The Kier molecular flexibility index (Phi) is 9.05. The minimum Gasteiger partial charge on any atom is -0.487 e. The average molecular weight is 561 g/mol. The molecule has 1 atom stereocenters. The smallest absolute Gasteiger partial charge is 0.414 e. The molecule has 1 aromatic carbocycles. The number of aryl methyl sites for hydroxylation is 2. The van der Waals surface area contributed by atoms with Crippen LogP contribution >= 0.6 is 22.9 Å². The molecule has 2 amide bonds. The van der Waals surface area contributed by atoms with Gasteiger partial charge in [-0.25, -0.2) is 4.79 Å². The molecule has 0 bridgehead atoms. The summed E-state index contributed by atoms with van der Waals surface area (Å²) in [6, 6.07) is 10.3. The molecule has 3 N–H and O–H groups in total. The van der Waals surface area contributed by atoms with Crippen molar-refractivity contribution in [2.45, 2.75) is 20.0 Å². The van der Waals surface area contributed by atoms with Gasteiger partial charge in [0.1, 0.15) is 12.7 Å². The van der Waals surface area contributed by atoms with Gasteiger partial charge in [0.05, 0.1) is 34.6 Å². The summed E-state index contributed by atoms with van der Waals surface area (Å²) >= 11 is 7.07. The van der Waals surface area contributed by atoms with E-state index in [1.165, 1.54) is 20.8 Å². The highest BCUT2D eigenvalue weighted by Gasteiger charge is 2.33. The number of thiophene rings is 1. The summed E-state index contributed by atoms with van der Waals surface area (Å²) in [6.45, 7) is 5.46. The normalized spacial score (nSPS) is 15.0. The summed E-state index contributed by atoms with van der Waals surface area (Å²) in [5.41, 5.74) is 2.64. The number of cyclic esters (lactones) is 1. The first-order chi connectivity index (χ1) is 18.3. The van der Waals surface area contributed by atoms with E-state index in [-0.39, 0.29) is 43.5 Å². The lowest BCUT2D eigenvalue weighted by Crippen LogP contribution is -2.34. The molecule has 1 fully saturated rings. The molecule has 1 aliphatic heterocycles. The summed E-state index contributed by atoms with van der Waals surface area (Å²) in [5.74, 6) is -0.0514. The van der Waals surface area contributed by atoms with Gasteiger partial charge in [-0.05, 0) is 61.4 Å². The summed E-state index contributed by atoms with van der Waals surface area (Å²) in [5, 5.41) is 14.6. The average Bonchev–Trinajstić information content (AvgIpc) is 3.49. The van der Waals surface area contributed by atoms with Gasteiger partial charge in [0.15, 0.2) is 5.75 Å². The fourth-order valence-corrected chi connectivity index (χ4v) is 5.19. The molecule has 1 saturated heterocycles. The maximum Gasteiger partial charge on any atom is 0.414 e. The Morgan fingerprint density at radius 1 is 1.21 bits per heavy atom. The number of aromatic nitrogens is 1. The van der Waals surface area contributed by atoms with E-state index in [0.717, 1.165) is 11.1 Å². The van der Waals surface area contributed by atoms with Crippen molar-refractivity contribution in [2.75, 3.05) is 44.3 Å². The van der Waals surface area contributed by atoms with Crippen LogP contribution in [0.2, 0.25) is 4.34 Å². The lowest BCUT2D eigenvalue weighted by molar-refractivity contribution is 0.0920. The Bertz CT molecular complexity index is 1350. The van der Waals surface area contributed by atoms with E-state index in [1.807, 2.05) is 26.0 Å².